The standard InChI is InChI=1S/C12H18ClNO2/c1-9(14-8-2-7-13)12(16)10-3-5-11(15)6-4-10/h3-6,9,12,14-16H,2,7-8H2,1H3. The molecular weight excluding hydrogens is 226 g/mol. The van der Waals surface area contributed by atoms with Gasteiger partial charge in [-0.25, -0.2) is 0 Å². The third-order valence-corrected chi connectivity index (χ3v) is 2.75. The molecule has 0 aliphatic rings. The van der Waals surface area contributed by atoms with E-state index in [0.717, 1.165) is 18.5 Å². The monoisotopic (exact) mass is 243 g/mol. The molecule has 1 rings (SSSR count). The number of aliphatic hydroxyl groups is 1. The number of hydrogen-bond acceptors (Lipinski definition) is 3. The van der Waals surface area contributed by atoms with E-state index in [1.54, 1.807) is 24.3 Å². The molecule has 16 heavy (non-hydrogen) atoms. The van der Waals surface area contributed by atoms with E-state index in [0.29, 0.717) is 5.88 Å². The van der Waals surface area contributed by atoms with Crippen molar-refractivity contribution in [3.63, 3.8) is 0 Å². The van der Waals surface area contributed by atoms with E-state index in [4.69, 9.17) is 16.7 Å². The summed E-state index contributed by atoms with van der Waals surface area (Å²) in [5.74, 6) is 0.827. The highest BCUT2D eigenvalue weighted by Crippen LogP contribution is 2.19. The summed E-state index contributed by atoms with van der Waals surface area (Å²) in [6.45, 7) is 2.71. The third kappa shape index (κ3) is 4.00. The Morgan fingerprint density at radius 3 is 2.50 bits per heavy atom. The zero-order valence-corrected chi connectivity index (χ0v) is 10.1. The van der Waals surface area contributed by atoms with E-state index in [9.17, 15) is 5.11 Å². The van der Waals surface area contributed by atoms with Gasteiger partial charge in [0, 0.05) is 11.9 Å². The SMILES string of the molecule is CC(NCCCCl)C(O)c1ccc(O)cc1. The molecule has 3 N–H and O–H groups in total. The van der Waals surface area contributed by atoms with Crippen LogP contribution in [-0.4, -0.2) is 28.7 Å². The van der Waals surface area contributed by atoms with Crippen molar-refractivity contribution in [1.82, 2.24) is 5.32 Å². The highest BCUT2D eigenvalue weighted by atomic mass is 35.5. The molecule has 1 aromatic rings. The van der Waals surface area contributed by atoms with E-state index in [2.05, 4.69) is 5.32 Å². The summed E-state index contributed by atoms with van der Waals surface area (Å²) in [5.41, 5.74) is 0.795. The molecule has 0 fully saturated rings. The van der Waals surface area contributed by atoms with Crippen molar-refractivity contribution in [2.75, 3.05) is 12.4 Å². The molecule has 90 valence electrons. The maximum absolute atomic E-state index is 10.0. The smallest absolute Gasteiger partial charge is 0.115 e. The predicted octanol–water partition coefficient (Wildman–Crippen LogP) is 2.03. The van der Waals surface area contributed by atoms with Crippen LogP contribution in [0.5, 0.6) is 5.75 Å². The Morgan fingerprint density at radius 1 is 1.31 bits per heavy atom. The van der Waals surface area contributed by atoms with Crippen molar-refractivity contribution >= 4 is 11.6 Å². The minimum Gasteiger partial charge on any atom is -0.508 e. The van der Waals surface area contributed by atoms with Crippen LogP contribution in [0.3, 0.4) is 0 Å². The molecule has 2 atom stereocenters. The van der Waals surface area contributed by atoms with Gasteiger partial charge in [-0.3, -0.25) is 0 Å². The molecule has 0 aliphatic carbocycles. The zero-order chi connectivity index (χ0) is 12.0. The molecule has 0 aromatic heterocycles. The van der Waals surface area contributed by atoms with Crippen LogP contribution in [-0.2, 0) is 0 Å². The molecule has 2 unspecified atom stereocenters. The van der Waals surface area contributed by atoms with Crippen LogP contribution < -0.4 is 5.32 Å². The third-order valence-electron chi connectivity index (χ3n) is 2.48. The molecule has 0 saturated heterocycles. The number of hydrogen-bond donors (Lipinski definition) is 3. The fraction of sp³-hybridized carbons (Fsp3) is 0.500. The van der Waals surface area contributed by atoms with Crippen molar-refractivity contribution in [3.05, 3.63) is 29.8 Å². The van der Waals surface area contributed by atoms with Gasteiger partial charge in [-0.1, -0.05) is 12.1 Å². The number of benzene rings is 1. The average molecular weight is 244 g/mol. The summed E-state index contributed by atoms with van der Waals surface area (Å²) < 4.78 is 0. The number of aromatic hydroxyl groups is 1. The van der Waals surface area contributed by atoms with Gasteiger partial charge in [-0.05, 0) is 37.6 Å². The van der Waals surface area contributed by atoms with E-state index in [-0.39, 0.29) is 11.8 Å². The fourth-order valence-corrected chi connectivity index (χ4v) is 1.60. The lowest BCUT2D eigenvalue weighted by atomic mass is 10.0. The summed E-state index contributed by atoms with van der Waals surface area (Å²) in [6, 6.07) is 6.56. The second-order valence-electron chi connectivity index (χ2n) is 3.82. The van der Waals surface area contributed by atoms with Crippen LogP contribution in [0.25, 0.3) is 0 Å². The fourth-order valence-electron chi connectivity index (χ4n) is 1.47. The predicted molar refractivity (Wildman–Crippen MR) is 65.9 cm³/mol. The van der Waals surface area contributed by atoms with Gasteiger partial charge in [-0.2, -0.15) is 0 Å². The van der Waals surface area contributed by atoms with E-state index >= 15 is 0 Å². The summed E-state index contributed by atoms with van der Waals surface area (Å²) in [5, 5.41) is 22.3. The number of alkyl halides is 1. The average Bonchev–Trinajstić information content (AvgIpc) is 2.29. The Balaban J connectivity index is 2.49. The Labute approximate surface area is 101 Å². The van der Waals surface area contributed by atoms with E-state index < -0.39 is 6.10 Å². The van der Waals surface area contributed by atoms with Crippen molar-refractivity contribution in [2.45, 2.75) is 25.5 Å². The second-order valence-corrected chi connectivity index (χ2v) is 4.20. The molecule has 0 spiro atoms. The zero-order valence-electron chi connectivity index (χ0n) is 9.36. The van der Waals surface area contributed by atoms with Gasteiger partial charge < -0.3 is 15.5 Å². The topological polar surface area (TPSA) is 52.5 Å². The van der Waals surface area contributed by atoms with Gasteiger partial charge in [0.1, 0.15) is 5.75 Å². The summed E-state index contributed by atoms with van der Waals surface area (Å²) >= 11 is 5.57. The Bertz CT molecular complexity index is 302. The van der Waals surface area contributed by atoms with Gasteiger partial charge in [0.05, 0.1) is 6.10 Å². The number of phenolic OH excluding ortho intramolecular Hbond substituents is 1. The number of nitrogens with one attached hydrogen (secondary N) is 1. The number of rotatable bonds is 6. The molecule has 0 aliphatic heterocycles. The van der Waals surface area contributed by atoms with Crippen molar-refractivity contribution in [2.24, 2.45) is 0 Å². The Kier molecular flexibility index (Phi) is 5.60. The highest BCUT2D eigenvalue weighted by molar-refractivity contribution is 6.17. The number of aliphatic hydroxyl groups excluding tert-OH is 1. The maximum Gasteiger partial charge on any atom is 0.115 e. The Morgan fingerprint density at radius 2 is 1.94 bits per heavy atom. The molecule has 0 bridgehead atoms. The first kappa shape index (κ1) is 13.3. The minimum absolute atomic E-state index is 0.0345. The molecule has 4 heteroatoms. The van der Waals surface area contributed by atoms with Crippen LogP contribution in [0, 0.1) is 0 Å². The first-order valence-electron chi connectivity index (χ1n) is 5.41. The molecule has 3 nitrogen and oxygen atoms in total. The van der Waals surface area contributed by atoms with Gasteiger partial charge in [0.15, 0.2) is 0 Å². The van der Waals surface area contributed by atoms with Gasteiger partial charge >= 0.3 is 0 Å². The van der Waals surface area contributed by atoms with Gasteiger partial charge in [0.25, 0.3) is 0 Å². The summed E-state index contributed by atoms with van der Waals surface area (Å²) in [4.78, 5) is 0. The quantitative estimate of drug-likeness (QED) is 0.529. The van der Waals surface area contributed by atoms with Crippen LogP contribution >= 0.6 is 11.6 Å². The van der Waals surface area contributed by atoms with Crippen LogP contribution in [0.1, 0.15) is 25.0 Å². The van der Waals surface area contributed by atoms with Crippen molar-refractivity contribution < 1.29 is 10.2 Å². The first-order valence-corrected chi connectivity index (χ1v) is 5.95. The van der Waals surface area contributed by atoms with Crippen LogP contribution in [0.15, 0.2) is 24.3 Å². The maximum atomic E-state index is 10.0. The normalized spacial score (nSPS) is 14.7. The highest BCUT2D eigenvalue weighted by Gasteiger charge is 2.15. The summed E-state index contributed by atoms with van der Waals surface area (Å²) in [6.07, 6.45) is 0.310. The van der Waals surface area contributed by atoms with Crippen LogP contribution in [0.4, 0.5) is 0 Å². The van der Waals surface area contributed by atoms with E-state index in [1.165, 1.54) is 0 Å². The molecule has 0 saturated carbocycles. The number of halogens is 1. The van der Waals surface area contributed by atoms with Crippen LogP contribution in [0.2, 0.25) is 0 Å². The molecule has 0 radical (unpaired) electrons. The molecule has 1 aromatic carbocycles. The number of phenols is 1. The minimum atomic E-state index is -0.573. The van der Waals surface area contributed by atoms with Gasteiger partial charge in [0.2, 0.25) is 0 Å². The lowest BCUT2D eigenvalue weighted by molar-refractivity contribution is 0.136. The molecule has 0 heterocycles. The van der Waals surface area contributed by atoms with Gasteiger partial charge in [-0.15, -0.1) is 11.6 Å². The molecule has 0 amide bonds. The second kappa shape index (κ2) is 6.74. The van der Waals surface area contributed by atoms with Crippen molar-refractivity contribution in [3.8, 4) is 5.75 Å². The summed E-state index contributed by atoms with van der Waals surface area (Å²) in [7, 11) is 0. The lowest BCUT2D eigenvalue weighted by Gasteiger charge is -2.20. The lowest BCUT2D eigenvalue weighted by Crippen LogP contribution is -2.33. The molecular formula is C12H18ClNO2. The van der Waals surface area contributed by atoms with Crippen molar-refractivity contribution in [1.29, 1.82) is 0 Å². The first-order chi connectivity index (χ1) is 7.65. The Hall–Kier alpha value is -0.770. The largest absolute Gasteiger partial charge is 0.508 e. The van der Waals surface area contributed by atoms with E-state index in [1.807, 2.05) is 6.92 Å².